The maximum atomic E-state index is 14.4. The predicted octanol–water partition coefficient (Wildman–Crippen LogP) is 5.74. The van der Waals surface area contributed by atoms with Gasteiger partial charge in [-0.05, 0) is 39.2 Å². The number of rotatable bonds is 3. The Balaban J connectivity index is 1.71. The molecule has 0 saturated carbocycles. The highest BCUT2D eigenvalue weighted by Crippen LogP contribution is 2.58. The summed E-state index contributed by atoms with van der Waals surface area (Å²) in [5.74, 6) is -7.82. The molecule has 0 aliphatic carbocycles. The van der Waals surface area contributed by atoms with Gasteiger partial charge >= 0.3 is 11.8 Å². The number of piperidine rings is 1. The maximum absolute atomic E-state index is 14.4. The first-order chi connectivity index (χ1) is 26.4. The molecular formula is C42H56N2O12. The third kappa shape index (κ3) is 7.78. The number of Topliss-reactive ketones (excluding diaryl/α,β-unsaturated/α-hetero) is 1. The quantitative estimate of drug-likeness (QED) is 0.125. The Hall–Kier alpha value is -4.79. The van der Waals surface area contributed by atoms with Crippen molar-refractivity contribution >= 4 is 39.8 Å². The highest BCUT2D eigenvalue weighted by molar-refractivity contribution is 6.23. The molecular weight excluding hydrogens is 724 g/mol. The average Bonchev–Trinajstić information content (AvgIpc) is 3.43. The van der Waals surface area contributed by atoms with Crippen LogP contribution >= 0.6 is 0 Å². The second-order valence-corrected chi connectivity index (χ2v) is 15.6. The van der Waals surface area contributed by atoms with Crippen LogP contribution in [0.1, 0.15) is 83.7 Å². The molecule has 56 heavy (non-hydrogen) atoms. The molecule has 4 aliphatic heterocycles. The first-order valence-electron chi connectivity index (χ1n) is 19.2. The number of fused-ring (bicyclic) bond motifs is 14. The van der Waals surface area contributed by atoms with Gasteiger partial charge < -0.3 is 54.7 Å². The molecule has 6 rings (SSSR count). The van der Waals surface area contributed by atoms with Crippen molar-refractivity contribution in [1.29, 1.82) is 0 Å². The number of allylic oxidation sites excluding steroid dienone is 2. The molecule has 0 aromatic heterocycles. The lowest BCUT2D eigenvalue weighted by Gasteiger charge is -2.38. The van der Waals surface area contributed by atoms with Crippen molar-refractivity contribution in [3.05, 3.63) is 47.3 Å². The van der Waals surface area contributed by atoms with E-state index in [9.17, 15) is 39.9 Å². The number of carbonyl (C=O) groups is 3. The molecule has 6 N–H and O–H groups in total. The van der Waals surface area contributed by atoms with Crippen molar-refractivity contribution in [3.63, 3.8) is 0 Å². The molecule has 306 valence electrons. The fraction of sp³-hybridized carbons (Fsp3) is 0.548. The van der Waals surface area contributed by atoms with E-state index in [1.807, 2.05) is 4.90 Å². The summed E-state index contributed by atoms with van der Waals surface area (Å²) in [4.78, 5) is 42.3. The van der Waals surface area contributed by atoms with Gasteiger partial charge in [-0.25, -0.2) is 0 Å². The molecule has 5 bridgehead atoms. The number of amides is 1. The monoisotopic (exact) mass is 780 g/mol. The van der Waals surface area contributed by atoms with Crippen LogP contribution in [-0.2, 0) is 23.8 Å². The van der Waals surface area contributed by atoms with Crippen molar-refractivity contribution in [2.75, 3.05) is 30.4 Å². The number of hydrogen-bond acceptors (Lipinski definition) is 13. The number of nitrogens with one attached hydrogen (secondary N) is 1. The van der Waals surface area contributed by atoms with Crippen molar-refractivity contribution in [2.45, 2.75) is 105 Å². The largest absolute Gasteiger partial charge is 0.507 e. The standard InChI is InChI=1S/C42H56N2O12/c1-20-14-13-15-21(2)41(52)43-31-32(44-17-11-10-12-18-44)37(50)28-29(36(31)49)35(48)25(6)39-30(28)40(51)42(8,56-39)54-19-16-27(53-9)22(3)38(55-26(7)45)24(5)34(47)23(4)33(20)46/h13-16,19-20,22-24,27,33-34,38,46-50H,10-12,17-18H2,1-9H3,(H,43,52)/b14-13-,19-16?,21-15-/t20-,22+,23+,24+,27-,33-,34+,38+,42-/m0/s1. The van der Waals surface area contributed by atoms with E-state index in [1.54, 1.807) is 46.8 Å². The molecule has 9 atom stereocenters. The first-order valence-corrected chi connectivity index (χ1v) is 19.2. The van der Waals surface area contributed by atoms with E-state index < -0.39 is 88.8 Å². The zero-order valence-corrected chi connectivity index (χ0v) is 33.6. The van der Waals surface area contributed by atoms with E-state index in [-0.39, 0.29) is 44.6 Å². The maximum Gasteiger partial charge on any atom is 0.312 e. The first kappa shape index (κ1) is 42.4. The Morgan fingerprint density at radius 1 is 0.911 bits per heavy atom. The molecule has 14 heteroatoms. The van der Waals surface area contributed by atoms with E-state index in [4.69, 9.17) is 18.9 Å². The average molecular weight is 781 g/mol. The highest BCUT2D eigenvalue weighted by Gasteiger charge is 2.50. The number of methoxy groups -OCH3 is 1. The number of carbonyl (C=O) groups excluding carboxylic acids is 3. The number of phenolic OH excluding ortho intramolecular Hbond substituents is 3. The topological polar surface area (TPSA) is 205 Å². The molecule has 1 fully saturated rings. The third-order valence-corrected chi connectivity index (χ3v) is 11.6. The lowest BCUT2D eigenvalue weighted by molar-refractivity contribution is -0.160. The number of ketones is 1. The molecule has 0 spiro atoms. The minimum atomic E-state index is -2.00. The van der Waals surface area contributed by atoms with Crippen LogP contribution in [0.4, 0.5) is 11.4 Å². The summed E-state index contributed by atoms with van der Waals surface area (Å²) in [6.07, 6.45) is 6.23. The van der Waals surface area contributed by atoms with Crippen LogP contribution in [-0.4, -0.2) is 93.6 Å². The van der Waals surface area contributed by atoms with Crippen molar-refractivity contribution < 1.29 is 58.9 Å². The highest BCUT2D eigenvalue weighted by atomic mass is 16.7. The van der Waals surface area contributed by atoms with Gasteiger partial charge in [-0.1, -0.05) is 45.9 Å². The molecule has 4 aliphatic rings. The molecule has 4 heterocycles. The number of aliphatic hydroxyl groups is 2. The Bertz CT molecular complexity index is 1950. The summed E-state index contributed by atoms with van der Waals surface area (Å²) >= 11 is 0. The number of esters is 1. The summed E-state index contributed by atoms with van der Waals surface area (Å²) in [5.41, 5.74) is 0.139. The molecule has 2 aromatic carbocycles. The number of anilines is 2. The van der Waals surface area contributed by atoms with Crippen molar-refractivity contribution in [1.82, 2.24) is 0 Å². The predicted molar refractivity (Wildman–Crippen MR) is 210 cm³/mol. The number of benzene rings is 2. The summed E-state index contributed by atoms with van der Waals surface area (Å²) in [5, 5.41) is 60.8. The Kier molecular flexibility index (Phi) is 12.7. The van der Waals surface area contributed by atoms with Gasteiger partial charge in [0.2, 0.25) is 0 Å². The zero-order valence-electron chi connectivity index (χ0n) is 33.6. The van der Waals surface area contributed by atoms with Crippen LogP contribution in [0.15, 0.2) is 36.1 Å². The van der Waals surface area contributed by atoms with E-state index in [1.165, 1.54) is 46.3 Å². The van der Waals surface area contributed by atoms with Gasteiger partial charge in [-0.3, -0.25) is 14.4 Å². The van der Waals surface area contributed by atoms with Gasteiger partial charge in [0.1, 0.15) is 34.7 Å². The van der Waals surface area contributed by atoms with Gasteiger partial charge in [0.25, 0.3) is 11.7 Å². The van der Waals surface area contributed by atoms with Crippen LogP contribution in [0.3, 0.4) is 0 Å². The van der Waals surface area contributed by atoms with Gasteiger partial charge in [0.15, 0.2) is 5.75 Å². The molecule has 14 nitrogen and oxygen atoms in total. The van der Waals surface area contributed by atoms with Crippen molar-refractivity contribution in [2.24, 2.45) is 23.7 Å². The Morgan fingerprint density at radius 3 is 2.20 bits per heavy atom. The van der Waals surface area contributed by atoms with E-state index in [0.29, 0.717) is 13.1 Å². The smallest absolute Gasteiger partial charge is 0.312 e. The number of hydrogen-bond donors (Lipinski definition) is 6. The molecule has 1 amide bonds. The lowest BCUT2D eigenvalue weighted by Crippen LogP contribution is -2.46. The molecule has 0 radical (unpaired) electrons. The molecule has 1 saturated heterocycles. The molecule has 0 unspecified atom stereocenters. The van der Waals surface area contributed by atoms with Gasteiger partial charge in [0.05, 0.1) is 35.5 Å². The van der Waals surface area contributed by atoms with Crippen LogP contribution in [0.25, 0.3) is 10.8 Å². The summed E-state index contributed by atoms with van der Waals surface area (Å²) in [6.45, 7) is 13.6. The summed E-state index contributed by atoms with van der Waals surface area (Å²) in [6, 6.07) is 0. The minimum absolute atomic E-state index is 0.0528. The fourth-order valence-electron chi connectivity index (χ4n) is 8.13. The van der Waals surface area contributed by atoms with Crippen LogP contribution in [0.5, 0.6) is 23.0 Å². The van der Waals surface area contributed by atoms with Gasteiger partial charge in [-0.2, -0.15) is 0 Å². The lowest BCUT2D eigenvalue weighted by atomic mass is 9.78. The van der Waals surface area contributed by atoms with Gasteiger partial charge in [-0.15, -0.1) is 0 Å². The SMILES string of the molecule is CO[C@H]1C=CO[C@@]2(C)Oc3c(C)c(O)c4c(O)c(c(N5CCCCC5)c(O)c4c3C2=O)NC(=O)/C(C)=C\C=C/[C@H](C)[C@H](O)[C@@H](C)[C@@H](O)[C@@H](C)[C@H](OC(C)=O)[C@@H]1C. The van der Waals surface area contributed by atoms with Crippen molar-refractivity contribution in [3.8, 4) is 23.0 Å². The Morgan fingerprint density at radius 2 is 1.57 bits per heavy atom. The van der Waals surface area contributed by atoms with E-state index in [0.717, 1.165) is 19.3 Å². The Labute approximate surface area is 327 Å². The van der Waals surface area contributed by atoms with E-state index >= 15 is 0 Å². The normalized spacial score (nSPS) is 32.1. The van der Waals surface area contributed by atoms with Crippen LogP contribution in [0, 0.1) is 30.6 Å². The van der Waals surface area contributed by atoms with Crippen LogP contribution in [0.2, 0.25) is 0 Å². The van der Waals surface area contributed by atoms with Gasteiger partial charge in [0, 0.05) is 74.2 Å². The third-order valence-electron chi connectivity index (χ3n) is 11.6. The minimum Gasteiger partial charge on any atom is -0.507 e. The summed E-state index contributed by atoms with van der Waals surface area (Å²) < 4.78 is 23.6. The second-order valence-electron chi connectivity index (χ2n) is 15.6. The fourth-order valence-corrected chi connectivity index (χ4v) is 8.13. The zero-order chi connectivity index (χ0) is 41.4. The second kappa shape index (κ2) is 16.7. The molecule has 2 aromatic rings. The number of nitrogens with zero attached hydrogens (tertiary/aromatic N) is 1. The summed E-state index contributed by atoms with van der Waals surface area (Å²) in [7, 11) is 1.45. The number of aromatic hydroxyl groups is 3. The number of ether oxygens (including phenoxy) is 4. The number of aliphatic hydroxyl groups excluding tert-OH is 2. The van der Waals surface area contributed by atoms with Crippen LogP contribution < -0.4 is 15.0 Å². The number of phenols is 3. The van der Waals surface area contributed by atoms with E-state index in [2.05, 4.69) is 5.32 Å².